The van der Waals surface area contributed by atoms with Crippen LogP contribution < -0.4 is 15.2 Å². The molecule has 1 aromatic heterocycles. The van der Waals surface area contributed by atoms with Crippen LogP contribution in [0.15, 0.2) is 30.3 Å². The monoisotopic (exact) mass is 551 g/mol. The second-order valence-corrected chi connectivity index (χ2v) is 9.36. The van der Waals surface area contributed by atoms with Gasteiger partial charge in [0.1, 0.15) is 17.7 Å². The normalized spacial score (nSPS) is 17.8. The summed E-state index contributed by atoms with van der Waals surface area (Å²) in [6.45, 7) is 1.73. The van der Waals surface area contributed by atoms with Crippen molar-refractivity contribution in [3.05, 3.63) is 53.6 Å². The molecule has 1 atom stereocenters. The fraction of sp³-hybridized carbons (Fsp3) is 0.440. The molecular weight excluding hydrogens is 523 g/mol. The average Bonchev–Trinajstić information content (AvgIpc) is 3.08. The van der Waals surface area contributed by atoms with E-state index < -0.39 is 23.7 Å². The lowest BCUT2D eigenvalue weighted by atomic mass is 10.2. The number of aryl methyl sites for hydroxylation is 1. The summed E-state index contributed by atoms with van der Waals surface area (Å²) in [4.78, 5) is 31.8. The molecule has 0 radical (unpaired) electrons. The van der Waals surface area contributed by atoms with Gasteiger partial charge in [-0.15, -0.1) is 0 Å². The summed E-state index contributed by atoms with van der Waals surface area (Å²) >= 11 is 5.02. The van der Waals surface area contributed by atoms with Gasteiger partial charge in [-0.3, -0.25) is 14.7 Å². The maximum absolute atomic E-state index is 15.2. The number of hydrogen-bond donors (Lipinski definition) is 1. The molecule has 2 aromatic rings. The smallest absolute Gasteiger partial charge is 0.414 e. The fourth-order valence-electron chi connectivity index (χ4n) is 4.38. The van der Waals surface area contributed by atoms with E-state index in [1.807, 2.05) is 0 Å². The number of carbonyl (C=O) groups excluding carboxylic acids is 2. The zero-order valence-corrected chi connectivity index (χ0v) is 21.6. The van der Waals surface area contributed by atoms with Crippen molar-refractivity contribution in [2.24, 2.45) is 0 Å². The summed E-state index contributed by atoms with van der Waals surface area (Å²) in [5, 5.41) is 1.86. The van der Waals surface area contributed by atoms with Crippen molar-refractivity contribution in [2.75, 3.05) is 49.6 Å². The minimum absolute atomic E-state index is 0.0101. The molecule has 0 spiro atoms. The first kappa shape index (κ1) is 27.6. The summed E-state index contributed by atoms with van der Waals surface area (Å²) in [5.41, 5.74) is 3.90. The van der Waals surface area contributed by atoms with Crippen LogP contribution in [0.3, 0.4) is 0 Å². The highest BCUT2D eigenvalue weighted by Crippen LogP contribution is 2.29. The third-order valence-electron chi connectivity index (χ3n) is 6.34. The molecule has 0 unspecified atom stereocenters. The number of cyclic esters (lactones) is 1. The van der Waals surface area contributed by atoms with Gasteiger partial charge in [-0.25, -0.2) is 24.0 Å². The number of hydrazine groups is 1. The van der Waals surface area contributed by atoms with E-state index in [4.69, 9.17) is 21.7 Å². The highest BCUT2D eigenvalue weighted by molar-refractivity contribution is 7.80. The van der Waals surface area contributed by atoms with Crippen molar-refractivity contribution < 1.29 is 32.2 Å². The van der Waals surface area contributed by atoms with Crippen LogP contribution in [0.1, 0.15) is 25.0 Å². The number of thiocarbonyl (C=S) groups is 1. The number of benzene rings is 1. The zero-order chi connectivity index (χ0) is 27.2. The number of amides is 2. The van der Waals surface area contributed by atoms with E-state index in [0.29, 0.717) is 55.0 Å². The average molecular weight is 552 g/mol. The summed E-state index contributed by atoms with van der Waals surface area (Å²) in [6.07, 6.45) is 0.180. The number of rotatable bonds is 8. The Morgan fingerprint density at radius 2 is 2.00 bits per heavy atom. The van der Waals surface area contributed by atoms with Crippen LogP contribution in [0.25, 0.3) is 0 Å². The first-order valence-corrected chi connectivity index (χ1v) is 12.6. The van der Waals surface area contributed by atoms with Gasteiger partial charge in [-0.1, -0.05) is 0 Å². The molecule has 1 N–H and O–H groups in total. The molecule has 3 heterocycles. The molecule has 0 aliphatic carbocycles. The number of aromatic nitrogens is 1. The molecular formula is C25H28F3N5O4S. The van der Waals surface area contributed by atoms with Crippen LogP contribution in [-0.2, 0) is 20.7 Å². The molecule has 0 bridgehead atoms. The Bertz CT molecular complexity index is 1180. The molecule has 0 saturated carbocycles. The van der Waals surface area contributed by atoms with E-state index in [-0.39, 0.29) is 43.6 Å². The molecule has 204 valence electrons. The minimum atomic E-state index is -0.933. The summed E-state index contributed by atoms with van der Waals surface area (Å²) in [5.74, 6) is -2.44. The fourth-order valence-corrected chi connectivity index (χ4v) is 4.50. The molecule has 2 saturated heterocycles. The van der Waals surface area contributed by atoms with Crippen molar-refractivity contribution >= 4 is 40.6 Å². The minimum Gasteiger partial charge on any atom is -0.490 e. The Kier molecular flexibility index (Phi) is 9.00. The molecule has 4 rings (SSSR count). The topological polar surface area (TPSA) is 87.2 Å². The van der Waals surface area contributed by atoms with Gasteiger partial charge in [0.2, 0.25) is 11.9 Å². The number of nitrogens with one attached hydrogen (secondary N) is 1. The van der Waals surface area contributed by atoms with Gasteiger partial charge in [0.05, 0.1) is 31.6 Å². The number of pyridine rings is 1. The number of carbonyl (C=O) groups is 2. The van der Waals surface area contributed by atoms with E-state index in [9.17, 15) is 18.4 Å². The molecule has 9 nitrogen and oxygen atoms in total. The van der Waals surface area contributed by atoms with Crippen molar-refractivity contribution in [3.8, 4) is 0 Å². The van der Waals surface area contributed by atoms with Gasteiger partial charge >= 0.3 is 6.09 Å². The van der Waals surface area contributed by atoms with Crippen LogP contribution in [-0.4, -0.2) is 73.0 Å². The number of nitrogens with zero attached hydrogens (tertiary/aromatic N) is 4. The largest absolute Gasteiger partial charge is 0.490 e. The first-order chi connectivity index (χ1) is 18.2. The third-order valence-corrected chi connectivity index (χ3v) is 6.71. The van der Waals surface area contributed by atoms with Crippen LogP contribution in [0.5, 0.6) is 0 Å². The Labute approximate surface area is 223 Å². The second-order valence-electron chi connectivity index (χ2n) is 8.91. The van der Waals surface area contributed by atoms with Gasteiger partial charge in [-0.05, 0) is 49.3 Å². The summed E-state index contributed by atoms with van der Waals surface area (Å²) in [6, 6.07) is 6.33. The molecule has 2 fully saturated rings. The van der Waals surface area contributed by atoms with Crippen molar-refractivity contribution in [3.63, 3.8) is 0 Å². The zero-order valence-electron chi connectivity index (χ0n) is 20.8. The van der Waals surface area contributed by atoms with Gasteiger partial charge < -0.3 is 14.4 Å². The molecule has 1 aromatic carbocycles. The molecule has 2 aliphatic heterocycles. The molecule has 13 heteroatoms. The number of ether oxygens (including phenoxy) is 2. The quantitative estimate of drug-likeness (QED) is 0.395. The number of hydrogen-bond acceptors (Lipinski definition) is 8. The second kappa shape index (κ2) is 12.4. The van der Waals surface area contributed by atoms with Gasteiger partial charge in [0, 0.05) is 44.2 Å². The standard InChI is InChI=1S/C25H28F3N5O4S/c1-36-24(38)7-4-19-15-32(25(35)37-19)18-3-5-21(20(27)14-18)31-9-8-29-33(11-10-31)23(34)6-2-17-12-16(26)13-22(28)30-17/h3,5,12-14,19,29H,2,4,6-11,15H2,1H3/t19-/m0/s1. The van der Waals surface area contributed by atoms with E-state index in [2.05, 4.69) is 10.4 Å². The number of halogens is 3. The number of anilines is 2. The Morgan fingerprint density at radius 1 is 1.18 bits per heavy atom. The Balaban J connectivity index is 1.32. The van der Waals surface area contributed by atoms with Crippen molar-refractivity contribution in [2.45, 2.75) is 31.8 Å². The van der Waals surface area contributed by atoms with E-state index >= 15 is 4.39 Å². The van der Waals surface area contributed by atoms with Crippen LogP contribution in [0.2, 0.25) is 0 Å². The first-order valence-electron chi connectivity index (χ1n) is 12.2. The highest BCUT2D eigenvalue weighted by Gasteiger charge is 2.33. The lowest BCUT2D eigenvalue weighted by Crippen LogP contribution is -2.43. The Hall–Kier alpha value is -3.45. The SMILES string of the molecule is COC(=S)CC[C@H]1CN(c2ccc(N3CCNN(C(=O)CCc4cc(F)cc(F)n4)CC3)c(F)c2)C(=O)O1. The predicted molar refractivity (Wildman–Crippen MR) is 137 cm³/mol. The molecule has 38 heavy (non-hydrogen) atoms. The highest BCUT2D eigenvalue weighted by atomic mass is 32.1. The van der Waals surface area contributed by atoms with Crippen LogP contribution >= 0.6 is 12.2 Å². The maximum atomic E-state index is 15.2. The van der Waals surface area contributed by atoms with E-state index in [1.165, 1.54) is 23.1 Å². The van der Waals surface area contributed by atoms with Crippen LogP contribution in [0.4, 0.5) is 29.3 Å². The summed E-state index contributed by atoms with van der Waals surface area (Å²) in [7, 11) is 1.49. The van der Waals surface area contributed by atoms with Crippen molar-refractivity contribution in [1.29, 1.82) is 0 Å². The van der Waals surface area contributed by atoms with E-state index in [1.54, 1.807) is 17.0 Å². The van der Waals surface area contributed by atoms with Crippen molar-refractivity contribution in [1.82, 2.24) is 15.4 Å². The van der Waals surface area contributed by atoms with Gasteiger partial charge in [0.25, 0.3) is 0 Å². The summed E-state index contributed by atoms with van der Waals surface area (Å²) < 4.78 is 52.1. The Morgan fingerprint density at radius 3 is 2.74 bits per heavy atom. The van der Waals surface area contributed by atoms with E-state index in [0.717, 1.165) is 6.07 Å². The lowest BCUT2D eigenvalue weighted by Gasteiger charge is -2.24. The maximum Gasteiger partial charge on any atom is 0.414 e. The van der Waals surface area contributed by atoms with Gasteiger partial charge in [-0.2, -0.15) is 4.39 Å². The molecule has 2 aliphatic rings. The molecule has 2 amide bonds. The predicted octanol–water partition coefficient (Wildman–Crippen LogP) is 3.36. The third kappa shape index (κ3) is 6.90. The lowest BCUT2D eigenvalue weighted by molar-refractivity contribution is -0.133. The van der Waals surface area contributed by atoms with Crippen LogP contribution in [0, 0.1) is 17.6 Å². The number of methoxy groups -OCH3 is 1. The van der Waals surface area contributed by atoms with Gasteiger partial charge in [0.15, 0.2) is 5.05 Å².